The molecule has 34 heavy (non-hydrogen) atoms. The zero-order chi connectivity index (χ0) is 24.2. The second-order valence-electron chi connectivity index (χ2n) is 8.61. The fourth-order valence-corrected chi connectivity index (χ4v) is 5.80. The molecule has 0 atom stereocenters. The van der Waals surface area contributed by atoms with Gasteiger partial charge in [-0.15, -0.1) is 0 Å². The molecule has 10 nitrogen and oxygen atoms in total. The van der Waals surface area contributed by atoms with Crippen molar-refractivity contribution < 1.29 is 22.0 Å². The summed E-state index contributed by atoms with van der Waals surface area (Å²) in [6, 6.07) is 2.79. The molecule has 0 N–H and O–H groups in total. The van der Waals surface area contributed by atoms with Crippen molar-refractivity contribution in [3.63, 3.8) is 0 Å². The van der Waals surface area contributed by atoms with Crippen molar-refractivity contribution in [2.45, 2.75) is 50.5 Å². The van der Waals surface area contributed by atoms with Crippen LogP contribution in [0.3, 0.4) is 0 Å². The van der Waals surface area contributed by atoms with E-state index in [0.717, 1.165) is 17.4 Å². The molecule has 13 heteroatoms. The predicted molar refractivity (Wildman–Crippen MR) is 117 cm³/mol. The second-order valence-corrected chi connectivity index (χ2v) is 10.5. The predicted octanol–water partition coefficient (Wildman–Crippen LogP) is 2.22. The lowest BCUT2D eigenvalue weighted by molar-refractivity contribution is 0.0691. The van der Waals surface area contributed by atoms with Gasteiger partial charge >= 0.3 is 0 Å². The Morgan fingerprint density at radius 1 is 1.15 bits per heavy atom. The molecule has 0 spiro atoms. The summed E-state index contributed by atoms with van der Waals surface area (Å²) in [6.07, 6.45) is 0.595. The van der Waals surface area contributed by atoms with Crippen LogP contribution in [-0.2, 0) is 16.6 Å². The zero-order valence-electron chi connectivity index (χ0n) is 18.9. The van der Waals surface area contributed by atoms with E-state index in [4.69, 9.17) is 0 Å². The number of hydrogen-bond donors (Lipinski definition) is 0. The average molecular weight is 494 g/mol. The first-order valence-corrected chi connectivity index (χ1v) is 12.6. The first-order valence-electron chi connectivity index (χ1n) is 11.2. The van der Waals surface area contributed by atoms with Gasteiger partial charge in [-0.25, -0.2) is 26.7 Å². The molecule has 3 aromatic heterocycles. The number of carbonyl (C=O) groups excluding carboxylic acids is 1. The minimum atomic E-state index is -3.74. The summed E-state index contributed by atoms with van der Waals surface area (Å²) in [5, 5.41) is 8.32. The number of alkyl halides is 2. The van der Waals surface area contributed by atoms with Crippen LogP contribution < -0.4 is 0 Å². The minimum Gasteiger partial charge on any atom is -0.335 e. The fraction of sp³-hybridized carbons (Fsp3) is 0.524. The van der Waals surface area contributed by atoms with Crippen LogP contribution in [-0.4, -0.2) is 74.1 Å². The number of amides is 1. The van der Waals surface area contributed by atoms with Gasteiger partial charge in [0, 0.05) is 56.6 Å². The molecule has 1 aliphatic heterocycles. The molecule has 182 valence electrons. The maximum absolute atomic E-state index is 13.6. The van der Waals surface area contributed by atoms with Gasteiger partial charge in [-0.3, -0.25) is 9.48 Å². The number of aromatic nitrogens is 5. The van der Waals surface area contributed by atoms with Crippen molar-refractivity contribution >= 4 is 21.6 Å². The second kappa shape index (κ2) is 8.38. The monoisotopic (exact) mass is 493 g/mol. The molecule has 3 aromatic rings. The highest BCUT2D eigenvalue weighted by atomic mass is 32.2. The molecule has 1 saturated carbocycles. The lowest BCUT2D eigenvalue weighted by Gasteiger charge is -2.33. The number of halogens is 2. The molecule has 4 heterocycles. The van der Waals surface area contributed by atoms with Crippen LogP contribution in [0.1, 0.15) is 59.7 Å². The molecule has 2 aliphatic rings. The molecular weight excluding hydrogens is 468 g/mol. The zero-order valence-corrected chi connectivity index (χ0v) is 19.7. The van der Waals surface area contributed by atoms with E-state index in [9.17, 15) is 22.0 Å². The molecule has 0 bridgehead atoms. The first kappa shape index (κ1) is 22.8. The number of sulfonamides is 1. The molecule has 0 unspecified atom stereocenters. The fourth-order valence-electron chi connectivity index (χ4n) is 4.21. The van der Waals surface area contributed by atoms with E-state index in [0.29, 0.717) is 17.9 Å². The van der Waals surface area contributed by atoms with Crippen molar-refractivity contribution in [1.29, 1.82) is 0 Å². The summed E-state index contributed by atoms with van der Waals surface area (Å²) >= 11 is 0. The van der Waals surface area contributed by atoms with Crippen LogP contribution in [0, 0.1) is 6.92 Å². The van der Waals surface area contributed by atoms with E-state index in [1.165, 1.54) is 27.5 Å². The summed E-state index contributed by atoms with van der Waals surface area (Å²) in [4.78, 5) is 19.1. The molecule has 1 aliphatic carbocycles. The Labute approximate surface area is 195 Å². The summed E-state index contributed by atoms with van der Waals surface area (Å²) in [6.45, 7) is 4.64. The van der Waals surface area contributed by atoms with Crippen LogP contribution >= 0.6 is 0 Å². The maximum atomic E-state index is 13.6. The van der Waals surface area contributed by atoms with E-state index in [2.05, 4.69) is 15.2 Å². The Balaban J connectivity index is 1.34. The van der Waals surface area contributed by atoms with Gasteiger partial charge in [-0.2, -0.15) is 14.5 Å². The topological polar surface area (TPSA) is 106 Å². The number of aryl methyl sites for hydroxylation is 2. The van der Waals surface area contributed by atoms with Gasteiger partial charge in [0.05, 0.1) is 5.69 Å². The molecule has 2 fully saturated rings. The standard InChI is InChI=1S/C21H25F2N7O3S/c1-3-28-12-18(13(2)25-28)34(32,33)29-8-6-27(7-9-29)21(31)16-11-19-24-15(14-4-5-14)10-17(20(22)23)30(19)26-16/h10-12,14,20H,3-9H2,1-2H3. The van der Waals surface area contributed by atoms with Crippen LogP contribution in [0.2, 0.25) is 0 Å². The van der Waals surface area contributed by atoms with E-state index < -0.39 is 22.4 Å². The van der Waals surface area contributed by atoms with Gasteiger partial charge in [-0.1, -0.05) is 0 Å². The third-order valence-electron chi connectivity index (χ3n) is 6.28. The van der Waals surface area contributed by atoms with Gasteiger partial charge < -0.3 is 4.90 Å². The molecule has 5 rings (SSSR count). The quantitative estimate of drug-likeness (QED) is 0.521. The van der Waals surface area contributed by atoms with Gasteiger partial charge in [0.2, 0.25) is 10.0 Å². The van der Waals surface area contributed by atoms with Crippen LogP contribution in [0.4, 0.5) is 8.78 Å². The Bertz CT molecular complexity index is 1360. The molecular formula is C21H25F2N7O3S. The minimum absolute atomic E-state index is 0.0127. The normalized spacial score (nSPS) is 17.7. The number of piperazine rings is 1. The summed E-state index contributed by atoms with van der Waals surface area (Å²) in [7, 11) is -3.74. The van der Waals surface area contributed by atoms with E-state index in [1.807, 2.05) is 6.92 Å². The van der Waals surface area contributed by atoms with Crippen molar-refractivity contribution in [2.75, 3.05) is 26.2 Å². The van der Waals surface area contributed by atoms with Crippen molar-refractivity contribution in [1.82, 2.24) is 33.6 Å². The van der Waals surface area contributed by atoms with Gasteiger partial charge in [0.25, 0.3) is 12.3 Å². The van der Waals surface area contributed by atoms with Crippen LogP contribution in [0.15, 0.2) is 23.2 Å². The Morgan fingerprint density at radius 2 is 1.85 bits per heavy atom. The van der Waals surface area contributed by atoms with Crippen LogP contribution in [0.25, 0.3) is 5.65 Å². The third kappa shape index (κ3) is 3.96. The SMILES string of the molecule is CCn1cc(S(=O)(=O)N2CCN(C(=O)c3cc4nc(C5CC5)cc(C(F)F)n4n3)CC2)c(C)n1. The van der Waals surface area contributed by atoms with E-state index in [-0.39, 0.29) is 54.0 Å². The number of fused-ring (bicyclic) bond motifs is 1. The molecule has 0 radical (unpaired) electrons. The Morgan fingerprint density at radius 3 is 2.44 bits per heavy atom. The summed E-state index contributed by atoms with van der Waals surface area (Å²) < 4.78 is 57.3. The summed E-state index contributed by atoms with van der Waals surface area (Å²) in [5.74, 6) is -0.259. The van der Waals surface area contributed by atoms with E-state index in [1.54, 1.807) is 11.6 Å². The van der Waals surface area contributed by atoms with Gasteiger partial charge in [0.15, 0.2) is 11.3 Å². The largest absolute Gasteiger partial charge is 0.335 e. The number of hydrogen-bond acceptors (Lipinski definition) is 6. The summed E-state index contributed by atoms with van der Waals surface area (Å²) in [5.41, 5.74) is 0.969. The Kier molecular flexibility index (Phi) is 5.63. The highest BCUT2D eigenvalue weighted by molar-refractivity contribution is 7.89. The highest BCUT2D eigenvalue weighted by Crippen LogP contribution is 2.40. The van der Waals surface area contributed by atoms with E-state index >= 15 is 0 Å². The highest BCUT2D eigenvalue weighted by Gasteiger charge is 2.34. The molecule has 0 aromatic carbocycles. The lowest BCUT2D eigenvalue weighted by Crippen LogP contribution is -2.50. The third-order valence-corrected chi connectivity index (χ3v) is 8.28. The van der Waals surface area contributed by atoms with Crippen molar-refractivity contribution in [2.24, 2.45) is 0 Å². The smallest absolute Gasteiger partial charge is 0.280 e. The van der Waals surface area contributed by atoms with Gasteiger partial charge in [0.1, 0.15) is 10.6 Å². The molecule has 1 saturated heterocycles. The van der Waals surface area contributed by atoms with Gasteiger partial charge in [-0.05, 0) is 32.8 Å². The average Bonchev–Trinajstić information content (AvgIpc) is 3.46. The Hall–Kier alpha value is -2.93. The first-order chi connectivity index (χ1) is 16.2. The number of nitrogens with zero attached hydrogens (tertiary/aromatic N) is 7. The lowest BCUT2D eigenvalue weighted by atomic mass is 10.2. The number of rotatable bonds is 6. The number of carbonyl (C=O) groups is 1. The van der Waals surface area contributed by atoms with Crippen molar-refractivity contribution in [3.05, 3.63) is 41.1 Å². The maximum Gasteiger partial charge on any atom is 0.280 e. The van der Waals surface area contributed by atoms with Crippen molar-refractivity contribution in [3.8, 4) is 0 Å². The molecule has 1 amide bonds. The van der Waals surface area contributed by atoms with Crippen LogP contribution in [0.5, 0.6) is 0 Å².